The van der Waals surface area contributed by atoms with Gasteiger partial charge >= 0.3 is 11.9 Å². The van der Waals surface area contributed by atoms with E-state index in [1.807, 2.05) is 56.7 Å². The number of nitrogens with zero attached hydrogens (tertiary/aromatic N) is 2. The number of hydrogen-bond acceptors (Lipinski definition) is 5. The molecule has 0 radical (unpaired) electrons. The number of rotatable bonds is 11. The fourth-order valence-electron chi connectivity index (χ4n) is 3.28. The number of aromatic nitrogens is 2. The quantitative estimate of drug-likeness (QED) is 0.533. The number of benzene rings is 1. The topological polar surface area (TPSA) is 70.4 Å². The molecular weight excluding hydrogens is 368 g/mol. The summed E-state index contributed by atoms with van der Waals surface area (Å²) in [4.78, 5) is 28.9. The Kier molecular flexibility index (Phi) is 8.90. The summed E-state index contributed by atoms with van der Waals surface area (Å²) < 4.78 is 13.0. The summed E-state index contributed by atoms with van der Waals surface area (Å²) in [7, 11) is 1.92. The molecule has 0 spiro atoms. The minimum Gasteiger partial charge on any atom is -0.465 e. The molecule has 1 aromatic carbocycles. The van der Waals surface area contributed by atoms with Gasteiger partial charge < -0.3 is 14.0 Å². The van der Waals surface area contributed by atoms with E-state index in [0.717, 1.165) is 23.2 Å². The van der Waals surface area contributed by atoms with E-state index in [-0.39, 0.29) is 37.0 Å². The second-order valence-corrected chi connectivity index (χ2v) is 7.50. The van der Waals surface area contributed by atoms with Gasteiger partial charge in [-0.25, -0.2) is 4.98 Å². The SMILES string of the molecule is CCCC(=O)OCC(Cc1cncn1C)C(CC)C(=O)OCc1ccc(C)cc1. The molecule has 6 nitrogen and oxygen atoms in total. The van der Waals surface area contributed by atoms with Gasteiger partial charge in [-0.1, -0.05) is 43.7 Å². The molecule has 0 saturated carbocycles. The summed E-state index contributed by atoms with van der Waals surface area (Å²) in [5.74, 6) is -1.01. The molecular formula is C23H32N2O4. The molecule has 29 heavy (non-hydrogen) atoms. The van der Waals surface area contributed by atoms with Crippen molar-refractivity contribution in [1.82, 2.24) is 9.55 Å². The Hall–Kier alpha value is -2.63. The summed E-state index contributed by atoms with van der Waals surface area (Å²) in [6.07, 6.45) is 5.83. The zero-order valence-electron chi connectivity index (χ0n) is 17.9. The third kappa shape index (κ3) is 7.04. The van der Waals surface area contributed by atoms with Crippen molar-refractivity contribution < 1.29 is 19.1 Å². The lowest BCUT2D eigenvalue weighted by Gasteiger charge is -2.25. The Morgan fingerprint density at radius 1 is 1.14 bits per heavy atom. The molecule has 2 rings (SSSR count). The van der Waals surface area contributed by atoms with E-state index in [9.17, 15) is 9.59 Å². The molecule has 0 aliphatic rings. The van der Waals surface area contributed by atoms with E-state index in [0.29, 0.717) is 19.3 Å². The average Bonchev–Trinajstić information content (AvgIpc) is 3.10. The van der Waals surface area contributed by atoms with Crippen LogP contribution in [0.2, 0.25) is 0 Å². The van der Waals surface area contributed by atoms with E-state index in [1.54, 1.807) is 12.5 Å². The van der Waals surface area contributed by atoms with Crippen LogP contribution in [0.4, 0.5) is 0 Å². The van der Waals surface area contributed by atoms with Crippen LogP contribution in [-0.2, 0) is 39.1 Å². The molecule has 0 saturated heterocycles. The highest BCUT2D eigenvalue weighted by Crippen LogP contribution is 2.24. The minimum atomic E-state index is -0.357. The predicted octanol–water partition coefficient (Wildman–Crippen LogP) is 4.00. The first-order valence-electron chi connectivity index (χ1n) is 10.3. The molecule has 0 fully saturated rings. The van der Waals surface area contributed by atoms with Gasteiger partial charge in [0.05, 0.1) is 18.9 Å². The number of esters is 2. The van der Waals surface area contributed by atoms with Crippen LogP contribution in [0.15, 0.2) is 36.8 Å². The Morgan fingerprint density at radius 3 is 2.45 bits per heavy atom. The monoisotopic (exact) mass is 400 g/mol. The van der Waals surface area contributed by atoms with E-state index in [4.69, 9.17) is 9.47 Å². The van der Waals surface area contributed by atoms with Crippen LogP contribution in [-0.4, -0.2) is 28.1 Å². The first-order chi connectivity index (χ1) is 13.9. The van der Waals surface area contributed by atoms with Crippen molar-refractivity contribution in [3.8, 4) is 0 Å². The summed E-state index contributed by atoms with van der Waals surface area (Å²) in [5, 5.41) is 0. The van der Waals surface area contributed by atoms with E-state index >= 15 is 0 Å². The fraction of sp³-hybridized carbons (Fsp3) is 0.522. The van der Waals surface area contributed by atoms with Gasteiger partial charge in [0, 0.05) is 31.3 Å². The first-order valence-corrected chi connectivity index (χ1v) is 10.3. The summed E-state index contributed by atoms with van der Waals surface area (Å²) in [6, 6.07) is 7.92. The number of carbonyl (C=O) groups is 2. The van der Waals surface area contributed by atoms with E-state index in [2.05, 4.69) is 4.98 Å². The minimum absolute atomic E-state index is 0.165. The largest absolute Gasteiger partial charge is 0.465 e. The molecule has 2 aromatic rings. The third-order valence-electron chi connectivity index (χ3n) is 5.11. The highest BCUT2D eigenvalue weighted by Gasteiger charge is 2.30. The lowest BCUT2D eigenvalue weighted by atomic mass is 9.87. The number of carbonyl (C=O) groups excluding carboxylic acids is 2. The smallest absolute Gasteiger partial charge is 0.309 e. The first kappa shape index (κ1) is 22.7. The maximum Gasteiger partial charge on any atom is 0.309 e. The van der Waals surface area contributed by atoms with Crippen LogP contribution in [0.5, 0.6) is 0 Å². The highest BCUT2D eigenvalue weighted by atomic mass is 16.5. The van der Waals surface area contributed by atoms with Gasteiger partial charge in [-0.2, -0.15) is 0 Å². The summed E-state index contributed by atoms with van der Waals surface area (Å²) in [5.41, 5.74) is 3.11. The van der Waals surface area contributed by atoms with E-state index < -0.39 is 0 Å². The number of ether oxygens (including phenoxy) is 2. The molecule has 2 atom stereocenters. The van der Waals surface area contributed by atoms with Crippen molar-refractivity contribution in [1.29, 1.82) is 0 Å². The molecule has 0 aliphatic carbocycles. The van der Waals surface area contributed by atoms with Gasteiger partial charge in [0.1, 0.15) is 6.61 Å². The zero-order valence-corrected chi connectivity index (χ0v) is 17.9. The van der Waals surface area contributed by atoms with Crippen molar-refractivity contribution in [3.63, 3.8) is 0 Å². The fourth-order valence-corrected chi connectivity index (χ4v) is 3.28. The Morgan fingerprint density at radius 2 is 1.86 bits per heavy atom. The molecule has 2 unspecified atom stereocenters. The van der Waals surface area contributed by atoms with Crippen LogP contribution >= 0.6 is 0 Å². The van der Waals surface area contributed by atoms with Crippen molar-refractivity contribution in [2.75, 3.05) is 6.61 Å². The second-order valence-electron chi connectivity index (χ2n) is 7.50. The van der Waals surface area contributed by atoms with Gasteiger partial charge in [0.25, 0.3) is 0 Å². The maximum absolute atomic E-state index is 12.9. The van der Waals surface area contributed by atoms with Crippen molar-refractivity contribution in [2.45, 2.75) is 53.1 Å². The van der Waals surface area contributed by atoms with Gasteiger partial charge in [-0.3, -0.25) is 9.59 Å². The molecule has 1 aromatic heterocycles. The van der Waals surface area contributed by atoms with Crippen LogP contribution in [0.1, 0.15) is 49.9 Å². The number of hydrogen-bond donors (Lipinski definition) is 0. The van der Waals surface area contributed by atoms with Crippen LogP contribution in [0.25, 0.3) is 0 Å². The molecule has 158 valence electrons. The Labute approximate surface area is 173 Å². The maximum atomic E-state index is 12.9. The van der Waals surface area contributed by atoms with Crippen molar-refractivity contribution in [3.05, 3.63) is 53.6 Å². The van der Waals surface area contributed by atoms with Crippen molar-refractivity contribution >= 4 is 11.9 Å². The second kappa shape index (κ2) is 11.4. The van der Waals surface area contributed by atoms with Gasteiger partial charge in [-0.15, -0.1) is 0 Å². The molecule has 6 heteroatoms. The van der Waals surface area contributed by atoms with E-state index in [1.165, 1.54) is 0 Å². The molecule has 0 aliphatic heterocycles. The predicted molar refractivity (Wildman–Crippen MR) is 111 cm³/mol. The molecule has 0 N–H and O–H groups in total. The van der Waals surface area contributed by atoms with Gasteiger partial charge in [-0.05, 0) is 31.7 Å². The Bertz CT molecular complexity index is 782. The van der Waals surface area contributed by atoms with Gasteiger partial charge in [0.15, 0.2) is 0 Å². The number of imidazole rings is 1. The lowest BCUT2D eigenvalue weighted by Crippen LogP contribution is -2.31. The molecule has 1 heterocycles. The summed E-state index contributed by atoms with van der Waals surface area (Å²) >= 11 is 0. The lowest BCUT2D eigenvalue weighted by molar-refractivity contribution is -0.156. The number of aryl methyl sites for hydroxylation is 2. The van der Waals surface area contributed by atoms with Gasteiger partial charge in [0.2, 0.25) is 0 Å². The van der Waals surface area contributed by atoms with Crippen LogP contribution in [0.3, 0.4) is 0 Å². The normalized spacial score (nSPS) is 13.0. The Balaban J connectivity index is 2.06. The van der Waals surface area contributed by atoms with Crippen LogP contribution in [0, 0.1) is 18.8 Å². The summed E-state index contributed by atoms with van der Waals surface area (Å²) in [6.45, 7) is 6.35. The zero-order chi connectivity index (χ0) is 21.2. The van der Waals surface area contributed by atoms with Crippen molar-refractivity contribution in [2.24, 2.45) is 18.9 Å². The van der Waals surface area contributed by atoms with Crippen LogP contribution < -0.4 is 0 Å². The average molecular weight is 401 g/mol. The molecule has 0 amide bonds. The molecule has 0 bridgehead atoms. The standard InChI is InChI=1S/C23H32N2O4/c1-5-7-22(26)28-15-19(12-20-13-24-16-25(20)4)21(6-2)23(27)29-14-18-10-8-17(3)9-11-18/h8-11,13,16,19,21H,5-7,12,14-15H2,1-4H3. The highest BCUT2D eigenvalue weighted by molar-refractivity contribution is 5.73. The third-order valence-corrected chi connectivity index (χ3v) is 5.11.